The summed E-state index contributed by atoms with van der Waals surface area (Å²) in [7, 11) is 0. The molecular weight excluding hydrogens is 334 g/mol. The van der Waals surface area contributed by atoms with Gasteiger partial charge in [0, 0.05) is 21.9 Å². The zero-order valence-electron chi connectivity index (χ0n) is 12.6. The van der Waals surface area contributed by atoms with Gasteiger partial charge in [0.1, 0.15) is 0 Å². The van der Waals surface area contributed by atoms with Crippen LogP contribution in [-0.4, -0.2) is 16.0 Å². The summed E-state index contributed by atoms with van der Waals surface area (Å²) in [6, 6.07) is 8.61. The predicted octanol–water partition coefficient (Wildman–Crippen LogP) is 4.57. The second-order valence-electron chi connectivity index (χ2n) is 4.91. The van der Waals surface area contributed by atoms with E-state index < -0.39 is 0 Å². The minimum absolute atomic E-state index is 0.184. The van der Waals surface area contributed by atoms with E-state index >= 15 is 0 Å². The molecule has 0 saturated heterocycles. The second kappa shape index (κ2) is 6.52. The molecule has 0 fully saturated rings. The Kier molecular flexibility index (Phi) is 4.45. The lowest BCUT2D eigenvalue weighted by Gasteiger charge is -2.04. The van der Waals surface area contributed by atoms with Crippen molar-refractivity contribution in [2.45, 2.75) is 20.3 Å². The molecule has 0 aliphatic rings. The van der Waals surface area contributed by atoms with Crippen molar-refractivity contribution in [3.63, 3.8) is 0 Å². The Morgan fingerprint density at radius 1 is 1.35 bits per heavy atom. The Morgan fingerprint density at radius 2 is 2.09 bits per heavy atom. The van der Waals surface area contributed by atoms with E-state index in [2.05, 4.69) is 15.5 Å². The summed E-state index contributed by atoms with van der Waals surface area (Å²) in [6.45, 7) is 3.89. The number of nitrogens with zero attached hydrogens (tertiary/aromatic N) is 2. The van der Waals surface area contributed by atoms with Gasteiger partial charge in [-0.15, -0.1) is 11.3 Å². The number of halogens is 1. The standard InChI is InChI=1S/C16H14ClN3O2S/c1-3-14-19-15(20-22-14)13-8-12(9(2)23-13)18-16(21)10-4-6-11(17)7-5-10/h4-8H,3H2,1-2H3,(H,18,21). The fourth-order valence-corrected chi connectivity index (χ4v) is 3.04. The van der Waals surface area contributed by atoms with Crippen molar-refractivity contribution in [1.82, 2.24) is 10.1 Å². The van der Waals surface area contributed by atoms with Crippen LogP contribution in [0, 0.1) is 6.92 Å². The summed E-state index contributed by atoms with van der Waals surface area (Å²) in [4.78, 5) is 18.4. The van der Waals surface area contributed by atoms with Gasteiger partial charge in [0.25, 0.3) is 5.91 Å². The molecule has 2 aromatic heterocycles. The van der Waals surface area contributed by atoms with Gasteiger partial charge in [-0.25, -0.2) is 0 Å². The van der Waals surface area contributed by atoms with Crippen LogP contribution >= 0.6 is 22.9 Å². The lowest BCUT2D eigenvalue weighted by molar-refractivity contribution is 0.102. The van der Waals surface area contributed by atoms with Crippen LogP contribution in [0.4, 0.5) is 5.69 Å². The summed E-state index contributed by atoms with van der Waals surface area (Å²) < 4.78 is 5.12. The molecule has 0 aliphatic heterocycles. The smallest absolute Gasteiger partial charge is 0.255 e. The van der Waals surface area contributed by atoms with E-state index in [-0.39, 0.29) is 5.91 Å². The van der Waals surface area contributed by atoms with Crippen LogP contribution in [0.5, 0.6) is 0 Å². The number of rotatable bonds is 4. The number of carbonyl (C=O) groups is 1. The predicted molar refractivity (Wildman–Crippen MR) is 91.1 cm³/mol. The number of thiophene rings is 1. The van der Waals surface area contributed by atoms with E-state index in [1.807, 2.05) is 19.9 Å². The molecule has 0 aliphatic carbocycles. The summed E-state index contributed by atoms with van der Waals surface area (Å²) >= 11 is 7.34. The first kappa shape index (κ1) is 15.7. The van der Waals surface area contributed by atoms with Crippen molar-refractivity contribution in [2.75, 3.05) is 5.32 Å². The molecule has 3 aromatic rings. The van der Waals surface area contributed by atoms with Crippen LogP contribution in [0.3, 0.4) is 0 Å². The lowest BCUT2D eigenvalue weighted by Crippen LogP contribution is -2.11. The minimum Gasteiger partial charge on any atom is -0.339 e. The fraction of sp³-hybridized carbons (Fsp3) is 0.188. The first-order chi connectivity index (χ1) is 11.1. The van der Waals surface area contributed by atoms with E-state index in [1.165, 1.54) is 11.3 Å². The highest BCUT2D eigenvalue weighted by Gasteiger charge is 2.15. The van der Waals surface area contributed by atoms with Crippen molar-refractivity contribution in [1.29, 1.82) is 0 Å². The number of amides is 1. The highest BCUT2D eigenvalue weighted by atomic mass is 35.5. The van der Waals surface area contributed by atoms with Gasteiger partial charge in [0.05, 0.1) is 10.6 Å². The number of benzene rings is 1. The molecule has 2 heterocycles. The van der Waals surface area contributed by atoms with Gasteiger partial charge < -0.3 is 9.84 Å². The number of aromatic nitrogens is 2. The largest absolute Gasteiger partial charge is 0.339 e. The van der Waals surface area contributed by atoms with E-state index in [0.29, 0.717) is 28.7 Å². The van der Waals surface area contributed by atoms with Crippen LogP contribution in [0.25, 0.3) is 10.7 Å². The molecule has 3 rings (SSSR count). The molecule has 0 saturated carbocycles. The van der Waals surface area contributed by atoms with Gasteiger partial charge in [0.2, 0.25) is 11.7 Å². The van der Waals surface area contributed by atoms with E-state index in [4.69, 9.17) is 16.1 Å². The molecule has 0 radical (unpaired) electrons. The zero-order valence-corrected chi connectivity index (χ0v) is 14.2. The summed E-state index contributed by atoms with van der Waals surface area (Å²) in [5.41, 5.74) is 1.29. The first-order valence-corrected chi connectivity index (χ1v) is 8.26. The summed E-state index contributed by atoms with van der Waals surface area (Å²) in [5, 5.41) is 7.45. The van der Waals surface area contributed by atoms with Crippen molar-refractivity contribution in [2.24, 2.45) is 0 Å². The summed E-state index contributed by atoms with van der Waals surface area (Å²) in [6.07, 6.45) is 0.692. The quantitative estimate of drug-likeness (QED) is 0.750. The Bertz CT molecular complexity index is 839. The molecule has 0 unspecified atom stereocenters. The molecule has 0 spiro atoms. The SMILES string of the molecule is CCc1nc(-c2cc(NC(=O)c3ccc(Cl)cc3)c(C)s2)no1. The van der Waals surface area contributed by atoms with Crippen molar-refractivity contribution < 1.29 is 9.32 Å². The van der Waals surface area contributed by atoms with E-state index in [1.54, 1.807) is 24.3 Å². The number of anilines is 1. The Labute approximate surface area is 142 Å². The van der Waals surface area contributed by atoms with Crippen molar-refractivity contribution in [3.8, 4) is 10.7 Å². The van der Waals surface area contributed by atoms with Crippen molar-refractivity contribution >= 4 is 34.5 Å². The molecule has 1 amide bonds. The van der Waals surface area contributed by atoms with Gasteiger partial charge in [-0.2, -0.15) is 4.98 Å². The third kappa shape index (κ3) is 3.43. The van der Waals surface area contributed by atoms with Crippen molar-refractivity contribution in [3.05, 3.63) is 51.7 Å². The van der Waals surface area contributed by atoms with Gasteiger partial charge in [-0.1, -0.05) is 23.7 Å². The normalized spacial score (nSPS) is 10.7. The Balaban J connectivity index is 1.81. The zero-order chi connectivity index (χ0) is 16.4. The Morgan fingerprint density at radius 3 is 2.74 bits per heavy atom. The number of hydrogen-bond acceptors (Lipinski definition) is 5. The number of nitrogens with one attached hydrogen (secondary N) is 1. The lowest BCUT2D eigenvalue weighted by atomic mass is 10.2. The maximum Gasteiger partial charge on any atom is 0.255 e. The van der Waals surface area contributed by atoms with E-state index in [9.17, 15) is 4.79 Å². The van der Waals surface area contributed by atoms with Gasteiger partial charge in [-0.3, -0.25) is 4.79 Å². The molecule has 7 heteroatoms. The number of carbonyl (C=O) groups excluding carboxylic acids is 1. The number of aryl methyl sites for hydroxylation is 2. The second-order valence-corrected chi connectivity index (χ2v) is 6.60. The van der Waals surface area contributed by atoms with Crippen LogP contribution in [0.1, 0.15) is 28.0 Å². The maximum absolute atomic E-state index is 12.3. The molecule has 118 valence electrons. The molecule has 0 atom stereocenters. The van der Waals surface area contributed by atoms with Crippen LogP contribution in [0.2, 0.25) is 5.02 Å². The van der Waals surface area contributed by atoms with Gasteiger partial charge in [0.15, 0.2) is 0 Å². The van der Waals surface area contributed by atoms with E-state index in [0.717, 1.165) is 15.4 Å². The molecule has 1 aromatic carbocycles. The van der Waals surface area contributed by atoms with Gasteiger partial charge >= 0.3 is 0 Å². The number of hydrogen-bond donors (Lipinski definition) is 1. The van der Waals surface area contributed by atoms with Crippen LogP contribution in [-0.2, 0) is 6.42 Å². The monoisotopic (exact) mass is 347 g/mol. The summed E-state index contributed by atoms with van der Waals surface area (Å²) in [5.74, 6) is 0.955. The van der Waals surface area contributed by atoms with Crippen LogP contribution in [0.15, 0.2) is 34.9 Å². The molecule has 1 N–H and O–H groups in total. The topological polar surface area (TPSA) is 68.0 Å². The highest BCUT2D eigenvalue weighted by Crippen LogP contribution is 2.33. The van der Waals surface area contributed by atoms with Gasteiger partial charge in [-0.05, 0) is 37.3 Å². The average molecular weight is 348 g/mol. The molecule has 23 heavy (non-hydrogen) atoms. The molecule has 5 nitrogen and oxygen atoms in total. The Hall–Kier alpha value is -2.18. The maximum atomic E-state index is 12.3. The third-order valence-corrected chi connectivity index (χ3v) is 4.56. The average Bonchev–Trinajstić information content (AvgIpc) is 3.15. The minimum atomic E-state index is -0.184. The highest BCUT2D eigenvalue weighted by molar-refractivity contribution is 7.16. The first-order valence-electron chi connectivity index (χ1n) is 7.07. The van der Waals surface area contributed by atoms with Crippen LogP contribution < -0.4 is 5.32 Å². The molecular formula is C16H14ClN3O2S. The molecule has 0 bridgehead atoms. The fourth-order valence-electron chi connectivity index (χ4n) is 2.01. The third-order valence-electron chi connectivity index (χ3n) is 3.26.